The molecule has 1 aromatic carbocycles. The van der Waals surface area contributed by atoms with Crippen molar-refractivity contribution in [3.05, 3.63) is 53.7 Å². The maximum atomic E-state index is 13.1. The molecule has 0 amide bonds. The molecule has 0 aliphatic heterocycles. The largest absolute Gasteiger partial charge is 0.270 e. The Balaban J connectivity index is 2.19. The molecule has 3 nitrogen and oxygen atoms in total. The van der Waals surface area contributed by atoms with Crippen LogP contribution in [-0.4, -0.2) is 15.7 Å². The molecule has 0 fully saturated rings. The molecule has 27 heavy (non-hydrogen) atoms. The Morgan fingerprint density at radius 3 is 2.44 bits per heavy atom. The molecule has 1 aliphatic rings. The minimum Gasteiger partial charge on any atom is -0.267 e. The first-order chi connectivity index (χ1) is 12.7. The van der Waals surface area contributed by atoms with Crippen LogP contribution >= 0.6 is 0 Å². The Hall–Kier alpha value is -2.16. The molecule has 3 rings (SSSR count). The fourth-order valence-electron chi connectivity index (χ4n) is 4.01. The molecule has 144 valence electrons. The maximum Gasteiger partial charge on any atom is 0.270 e. The first kappa shape index (κ1) is 19.6. The van der Waals surface area contributed by atoms with Crippen molar-refractivity contribution in [3.8, 4) is 11.3 Å². The van der Waals surface area contributed by atoms with Crippen LogP contribution in [0.4, 0.5) is 0 Å². The second kappa shape index (κ2) is 7.46. The highest BCUT2D eigenvalue weighted by Crippen LogP contribution is 2.46. The number of rotatable bonds is 3. The summed E-state index contributed by atoms with van der Waals surface area (Å²) in [5, 5.41) is 4.86. The first-order valence-corrected chi connectivity index (χ1v) is 10.1. The number of hydrogen-bond donors (Lipinski definition) is 0. The van der Waals surface area contributed by atoms with E-state index < -0.39 is 0 Å². The Labute approximate surface area is 163 Å². The van der Waals surface area contributed by atoms with Gasteiger partial charge in [0.15, 0.2) is 0 Å². The number of carbonyl (C=O) groups excluding carboxylic acids is 1. The average Bonchev–Trinajstić information content (AvgIpc) is 3.01. The summed E-state index contributed by atoms with van der Waals surface area (Å²) in [5.41, 5.74) is 4.43. The highest BCUT2D eigenvalue weighted by molar-refractivity contribution is 5.91. The van der Waals surface area contributed by atoms with Gasteiger partial charge in [-0.25, -0.2) is 4.68 Å². The molecule has 0 unspecified atom stereocenters. The topological polar surface area (TPSA) is 34.9 Å². The van der Waals surface area contributed by atoms with Crippen molar-refractivity contribution >= 4 is 5.91 Å². The van der Waals surface area contributed by atoms with Gasteiger partial charge < -0.3 is 0 Å². The van der Waals surface area contributed by atoms with E-state index in [2.05, 4.69) is 53.7 Å². The van der Waals surface area contributed by atoms with Crippen molar-refractivity contribution in [3.63, 3.8) is 0 Å². The quantitative estimate of drug-likeness (QED) is 0.588. The molecule has 1 heterocycles. The average molecular weight is 365 g/mol. The zero-order chi connectivity index (χ0) is 19.8. The van der Waals surface area contributed by atoms with Crippen LogP contribution < -0.4 is 0 Å². The van der Waals surface area contributed by atoms with E-state index in [-0.39, 0.29) is 11.3 Å². The van der Waals surface area contributed by atoms with Gasteiger partial charge in [0, 0.05) is 23.1 Å². The number of fused-ring (bicyclic) bond motifs is 1. The molecule has 2 aromatic rings. The summed E-state index contributed by atoms with van der Waals surface area (Å²) in [7, 11) is 0. The molecule has 1 aliphatic carbocycles. The van der Waals surface area contributed by atoms with E-state index in [0.717, 1.165) is 29.8 Å². The van der Waals surface area contributed by atoms with Gasteiger partial charge in [-0.3, -0.25) is 4.79 Å². The van der Waals surface area contributed by atoms with Gasteiger partial charge in [0.05, 0.1) is 11.4 Å². The van der Waals surface area contributed by atoms with E-state index in [9.17, 15) is 4.79 Å². The van der Waals surface area contributed by atoms with Crippen LogP contribution in [0.25, 0.3) is 11.3 Å². The molecule has 0 saturated heterocycles. The van der Waals surface area contributed by atoms with E-state index in [1.807, 2.05) is 24.3 Å². The van der Waals surface area contributed by atoms with Crippen molar-refractivity contribution in [2.45, 2.75) is 66.2 Å². The van der Waals surface area contributed by atoms with Gasteiger partial charge in [-0.1, -0.05) is 78.0 Å². The van der Waals surface area contributed by atoms with Gasteiger partial charge in [-0.2, -0.15) is 5.10 Å². The van der Waals surface area contributed by atoms with Crippen LogP contribution in [0.2, 0.25) is 0 Å². The number of carbonyl (C=O) groups is 1. The lowest BCUT2D eigenvalue weighted by Gasteiger charge is -2.30. The van der Waals surface area contributed by atoms with Gasteiger partial charge in [0.25, 0.3) is 5.91 Å². The predicted molar refractivity (Wildman–Crippen MR) is 112 cm³/mol. The Morgan fingerprint density at radius 2 is 1.85 bits per heavy atom. The van der Waals surface area contributed by atoms with E-state index >= 15 is 0 Å². The summed E-state index contributed by atoms with van der Waals surface area (Å²) in [5.74, 6) is 1.23. The van der Waals surface area contributed by atoms with Crippen molar-refractivity contribution in [2.24, 2.45) is 11.3 Å². The van der Waals surface area contributed by atoms with E-state index in [1.54, 1.807) is 10.8 Å². The lowest BCUT2D eigenvalue weighted by atomic mass is 9.75. The van der Waals surface area contributed by atoms with Gasteiger partial charge in [0.2, 0.25) is 0 Å². The number of nitrogens with zero attached hydrogens (tertiary/aromatic N) is 2. The number of hydrogen-bond acceptors (Lipinski definition) is 2. The van der Waals surface area contributed by atoms with E-state index in [0.29, 0.717) is 17.8 Å². The first-order valence-electron chi connectivity index (χ1n) is 10.1. The van der Waals surface area contributed by atoms with Crippen molar-refractivity contribution in [1.29, 1.82) is 0 Å². The third-order valence-electron chi connectivity index (χ3n) is 5.50. The van der Waals surface area contributed by atoms with Gasteiger partial charge in [-0.15, -0.1) is 0 Å². The molecule has 0 spiro atoms. The van der Waals surface area contributed by atoms with E-state index in [1.165, 1.54) is 5.56 Å². The van der Waals surface area contributed by atoms with Gasteiger partial charge in [-0.05, 0) is 30.1 Å². The standard InChI is InChI=1S/C24H32N2O/c1-16(2)19-13-12-17(3)21-22(18-10-8-7-9-11-18)25-26(23(19)21)20(27)14-15-24(4,5)6/h7-11,14-17,19H,12-13H2,1-6H3/b15-14-/t17-,19-/m1/s1. The van der Waals surface area contributed by atoms with Crippen LogP contribution in [0, 0.1) is 11.3 Å². The van der Waals surface area contributed by atoms with E-state index in [4.69, 9.17) is 5.10 Å². The molecular formula is C24H32N2O. The van der Waals surface area contributed by atoms with Gasteiger partial charge in [0.1, 0.15) is 0 Å². The highest BCUT2D eigenvalue weighted by Gasteiger charge is 2.35. The van der Waals surface area contributed by atoms with Crippen molar-refractivity contribution < 1.29 is 4.79 Å². The SMILES string of the molecule is CC(C)[C@H]1CC[C@@H](C)c2c(-c3ccccc3)nn(C(=O)/C=C\C(C)(C)C)c21. The number of benzene rings is 1. The Bertz CT molecular complexity index is 837. The number of aromatic nitrogens is 2. The van der Waals surface area contributed by atoms with Crippen LogP contribution in [0.5, 0.6) is 0 Å². The minimum atomic E-state index is -0.0388. The number of allylic oxidation sites excluding steroid dienone is 2. The smallest absolute Gasteiger partial charge is 0.267 e. The highest BCUT2D eigenvalue weighted by atomic mass is 16.2. The zero-order valence-electron chi connectivity index (χ0n) is 17.5. The summed E-state index contributed by atoms with van der Waals surface area (Å²) >= 11 is 0. The van der Waals surface area contributed by atoms with Crippen LogP contribution in [-0.2, 0) is 0 Å². The second-order valence-electron chi connectivity index (χ2n) is 9.29. The Kier molecular flexibility index (Phi) is 5.41. The second-order valence-corrected chi connectivity index (χ2v) is 9.29. The fraction of sp³-hybridized carbons (Fsp3) is 0.500. The molecule has 1 aromatic heterocycles. The minimum absolute atomic E-state index is 0.0319. The van der Waals surface area contributed by atoms with Gasteiger partial charge >= 0.3 is 0 Å². The third kappa shape index (κ3) is 4.07. The van der Waals surface area contributed by atoms with Crippen LogP contribution in [0.1, 0.15) is 82.3 Å². The predicted octanol–water partition coefficient (Wildman–Crippen LogP) is 6.43. The summed E-state index contributed by atoms with van der Waals surface area (Å²) < 4.78 is 1.69. The summed E-state index contributed by atoms with van der Waals surface area (Å²) in [6, 6.07) is 10.3. The molecule has 0 bridgehead atoms. The van der Waals surface area contributed by atoms with Crippen LogP contribution in [0.3, 0.4) is 0 Å². The normalized spacial score (nSPS) is 20.3. The monoisotopic (exact) mass is 364 g/mol. The maximum absolute atomic E-state index is 13.1. The fourth-order valence-corrected chi connectivity index (χ4v) is 4.01. The molecular weight excluding hydrogens is 332 g/mol. The summed E-state index contributed by atoms with van der Waals surface area (Å²) in [4.78, 5) is 13.1. The Morgan fingerprint density at radius 1 is 1.19 bits per heavy atom. The lowest BCUT2D eigenvalue weighted by Crippen LogP contribution is -2.23. The van der Waals surface area contributed by atoms with Crippen molar-refractivity contribution in [2.75, 3.05) is 0 Å². The molecule has 0 saturated carbocycles. The zero-order valence-corrected chi connectivity index (χ0v) is 17.5. The van der Waals surface area contributed by atoms with Crippen molar-refractivity contribution in [1.82, 2.24) is 9.78 Å². The molecule has 0 radical (unpaired) electrons. The summed E-state index contributed by atoms with van der Waals surface area (Å²) in [6.07, 6.45) is 5.93. The summed E-state index contributed by atoms with van der Waals surface area (Å²) in [6.45, 7) is 13.1. The lowest BCUT2D eigenvalue weighted by molar-refractivity contribution is 0.0945. The van der Waals surface area contributed by atoms with Crippen LogP contribution in [0.15, 0.2) is 42.5 Å². The third-order valence-corrected chi connectivity index (χ3v) is 5.50. The molecule has 2 atom stereocenters. The molecule has 3 heteroatoms. The molecule has 0 N–H and O–H groups in total.